The summed E-state index contributed by atoms with van der Waals surface area (Å²) in [6, 6.07) is -0.158. The van der Waals surface area contributed by atoms with Crippen molar-refractivity contribution in [3.8, 4) is 0 Å². The van der Waals surface area contributed by atoms with Crippen molar-refractivity contribution >= 4 is 29.6 Å². The van der Waals surface area contributed by atoms with E-state index in [9.17, 15) is 19.5 Å². The molecule has 0 amide bonds. The molecule has 4 aliphatic carbocycles. The van der Waals surface area contributed by atoms with Gasteiger partial charge in [0, 0.05) is 29.2 Å². The molecule has 4 fully saturated rings. The maximum absolute atomic E-state index is 14.9. The maximum atomic E-state index is 14.9. The fraction of sp³-hybridized carbons (Fsp3) is 0.811. The number of allylic oxidation sites excluding steroid dienone is 1. The van der Waals surface area contributed by atoms with Crippen LogP contribution in [0.15, 0.2) is 11.6 Å². The van der Waals surface area contributed by atoms with Gasteiger partial charge in [0.15, 0.2) is 5.78 Å². The van der Waals surface area contributed by atoms with Gasteiger partial charge in [0.05, 0.1) is 25.7 Å². The molecule has 2 bridgehead atoms. The van der Waals surface area contributed by atoms with Crippen LogP contribution in [0.1, 0.15) is 94.4 Å². The van der Waals surface area contributed by atoms with Crippen LogP contribution in [0.5, 0.6) is 0 Å². The van der Waals surface area contributed by atoms with Crippen molar-refractivity contribution in [3.63, 3.8) is 0 Å². The molecule has 5 aliphatic rings. The molecule has 0 aromatic carbocycles. The van der Waals surface area contributed by atoms with Crippen LogP contribution >= 0.6 is 0 Å². The SMILES string of the molecule is CC(=O)O[C@@H]1C[C@@]23COC[C@](C)([C@@H]2CC[C@H]2C3=CC(=O)[C@@]3(C)[C@H](C(=O)O)[C@@](C)([C@H](C)C(C)C)CC[C@]23C)[C@H]1OCC(C)Nc1nc(N)n[nH]1. The number of hydrogen-bond acceptors (Lipinski definition) is 10. The van der Waals surface area contributed by atoms with Crippen LogP contribution in [0.2, 0.25) is 0 Å². The number of nitrogens with one attached hydrogen (secondary N) is 2. The van der Waals surface area contributed by atoms with Crippen molar-refractivity contribution < 1.29 is 33.7 Å². The Labute approximate surface area is 290 Å². The molecule has 1 unspecified atom stereocenters. The number of esters is 1. The molecule has 6 rings (SSSR count). The number of anilines is 2. The van der Waals surface area contributed by atoms with Crippen LogP contribution in [0.25, 0.3) is 0 Å². The Morgan fingerprint density at radius 2 is 1.86 bits per heavy atom. The molecule has 12 nitrogen and oxygen atoms in total. The second-order valence-corrected chi connectivity index (χ2v) is 17.4. The van der Waals surface area contributed by atoms with E-state index >= 15 is 0 Å². The number of carbonyl (C=O) groups excluding carboxylic acids is 2. The Morgan fingerprint density at radius 3 is 2.47 bits per heavy atom. The summed E-state index contributed by atoms with van der Waals surface area (Å²) in [5.41, 5.74) is 3.53. The third-order valence-corrected chi connectivity index (χ3v) is 14.7. The number of fused-ring (bicyclic) bond motifs is 3. The lowest BCUT2D eigenvalue weighted by Crippen LogP contribution is -2.71. The van der Waals surface area contributed by atoms with E-state index in [1.165, 1.54) is 6.92 Å². The smallest absolute Gasteiger partial charge is 0.308 e. The zero-order valence-corrected chi connectivity index (χ0v) is 30.7. The van der Waals surface area contributed by atoms with Gasteiger partial charge in [0.25, 0.3) is 0 Å². The lowest BCUT2D eigenvalue weighted by atomic mass is 9.34. The summed E-state index contributed by atoms with van der Waals surface area (Å²) >= 11 is 0. The van der Waals surface area contributed by atoms with Crippen LogP contribution in [-0.2, 0) is 28.6 Å². The quantitative estimate of drug-likeness (QED) is 0.249. The van der Waals surface area contributed by atoms with Crippen LogP contribution in [0.3, 0.4) is 0 Å². The molecule has 12 heteroatoms. The largest absolute Gasteiger partial charge is 0.481 e. The predicted octanol–water partition coefficient (Wildman–Crippen LogP) is 5.27. The van der Waals surface area contributed by atoms with E-state index in [1.54, 1.807) is 0 Å². The molecule has 0 spiro atoms. The third kappa shape index (κ3) is 5.16. The lowest BCUT2D eigenvalue weighted by molar-refractivity contribution is -0.266. The molecule has 1 aromatic heterocycles. The number of carboxylic acid groups (broad SMARTS) is 1. The zero-order chi connectivity index (χ0) is 35.9. The van der Waals surface area contributed by atoms with E-state index in [2.05, 4.69) is 62.0 Å². The van der Waals surface area contributed by atoms with Gasteiger partial charge in [-0.05, 0) is 79.6 Å². The predicted molar refractivity (Wildman–Crippen MR) is 183 cm³/mol. The number of nitrogens with two attached hydrogens (primary N) is 1. The Kier molecular flexibility index (Phi) is 8.82. The molecule has 0 radical (unpaired) electrons. The summed E-state index contributed by atoms with van der Waals surface area (Å²) < 4.78 is 19.3. The highest BCUT2D eigenvalue weighted by molar-refractivity contribution is 6.00. The highest BCUT2D eigenvalue weighted by Crippen LogP contribution is 2.74. The first-order valence-electron chi connectivity index (χ1n) is 18.2. The molecule has 1 saturated heterocycles. The number of aliphatic carboxylic acids is 1. The minimum Gasteiger partial charge on any atom is -0.481 e. The van der Waals surface area contributed by atoms with Crippen molar-refractivity contribution in [1.29, 1.82) is 0 Å². The van der Waals surface area contributed by atoms with Crippen LogP contribution < -0.4 is 11.1 Å². The van der Waals surface area contributed by atoms with Gasteiger partial charge in [-0.2, -0.15) is 4.98 Å². The molecule has 12 atom stereocenters. The average Bonchev–Trinajstić information content (AvgIpc) is 3.41. The van der Waals surface area contributed by atoms with E-state index in [1.807, 2.05) is 19.9 Å². The van der Waals surface area contributed by atoms with Crippen LogP contribution in [-0.4, -0.2) is 76.1 Å². The van der Waals surface area contributed by atoms with E-state index in [0.717, 1.165) is 31.3 Å². The Hall–Kier alpha value is -2.99. The van der Waals surface area contributed by atoms with Gasteiger partial charge in [0.1, 0.15) is 12.2 Å². The first-order chi connectivity index (χ1) is 22.8. The number of ketones is 1. The summed E-state index contributed by atoms with van der Waals surface area (Å²) in [7, 11) is 0. The van der Waals surface area contributed by atoms with Gasteiger partial charge in [-0.15, -0.1) is 5.10 Å². The van der Waals surface area contributed by atoms with Crippen LogP contribution in [0.4, 0.5) is 11.9 Å². The topological polar surface area (TPSA) is 179 Å². The number of rotatable bonds is 9. The Bertz CT molecular complexity index is 1530. The molecule has 272 valence electrons. The monoisotopic (exact) mass is 683 g/mol. The fourth-order valence-electron chi connectivity index (χ4n) is 11.8. The van der Waals surface area contributed by atoms with Crippen molar-refractivity contribution in [2.75, 3.05) is 30.9 Å². The van der Waals surface area contributed by atoms with E-state index in [-0.39, 0.29) is 47.4 Å². The number of carboxylic acids is 1. The van der Waals surface area contributed by atoms with Gasteiger partial charge in [0.2, 0.25) is 11.9 Å². The number of aromatic nitrogens is 3. The molecular formula is C37H57N5O7. The van der Waals surface area contributed by atoms with Crippen molar-refractivity contribution in [2.45, 2.75) is 113 Å². The van der Waals surface area contributed by atoms with Crippen molar-refractivity contribution in [3.05, 3.63) is 11.6 Å². The lowest BCUT2D eigenvalue weighted by Gasteiger charge is -2.70. The summed E-state index contributed by atoms with van der Waals surface area (Å²) in [5.74, 6) is -1.03. The second kappa shape index (κ2) is 12.1. The molecule has 3 saturated carbocycles. The zero-order valence-electron chi connectivity index (χ0n) is 30.7. The Morgan fingerprint density at radius 1 is 1.14 bits per heavy atom. The summed E-state index contributed by atoms with van der Waals surface area (Å²) in [6.07, 6.45) is 4.56. The minimum atomic E-state index is -1.07. The number of nitrogens with zero attached hydrogens (tertiary/aromatic N) is 2. The molecule has 1 aromatic rings. The van der Waals surface area contributed by atoms with E-state index < -0.39 is 51.2 Å². The van der Waals surface area contributed by atoms with E-state index in [0.29, 0.717) is 32.2 Å². The van der Waals surface area contributed by atoms with Gasteiger partial charge < -0.3 is 30.4 Å². The van der Waals surface area contributed by atoms with E-state index in [4.69, 9.17) is 19.9 Å². The van der Waals surface area contributed by atoms with Gasteiger partial charge >= 0.3 is 11.9 Å². The highest BCUT2D eigenvalue weighted by atomic mass is 16.6. The summed E-state index contributed by atoms with van der Waals surface area (Å²) in [4.78, 5) is 45.0. The summed E-state index contributed by atoms with van der Waals surface area (Å²) in [6.45, 7) is 19.4. The number of carbonyl (C=O) groups is 3. The number of nitrogen functional groups attached to an aromatic ring is 1. The van der Waals surface area contributed by atoms with Gasteiger partial charge in [-0.1, -0.05) is 54.0 Å². The first kappa shape index (κ1) is 35.8. The third-order valence-electron chi connectivity index (χ3n) is 14.7. The van der Waals surface area contributed by atoms with Gasteiger partial charge in [-0.25, -0.2) is 5.10 Å². The number of H-pyrrole nitrogens is 1. The second-order valence-electron chi connectivity index (χ2n) is 17.4. The first-order valence-corrected chi connectivity index (χ1v) is 18.2. The molecular weight excluding hydrogens is 626 g/mol. The molecule has 5 N–H and O–H groups in total. The number of hydrogen-bond donors (Lipinski definition) is 4. The number of aromatic amines is 1. The molecule has 1 aliphatic heterocycles. The summed E-state index contributed by atoms with van der Waals surface area (Å²) in [5, 5.41) is 20.8. The van der Waals surface area contributed by atoms with Crippen molar-refractivity contribution in [1.82, 2.24) is 15.2 Å². The molecule has 49 heavy (non-hydrogen) atoms. The fourth-order valence-corrected chi connectivity index (χ4v) is 11.8. The van der Waals surface area contributed by atoms with Crippen LogP contribution in [0, 0.1) is 56.7 Å². The molecule has 2 heterocycles. The standard InChI is InChI=1S/C37H57N5O7/c1-19(2)21(4)33(6)12-13-35(8)23-10-11-26-34(7)17-47-18-37(26,24(23)14-27(44)36(35,9)28(33)30(45)46)15-25(49-22(5)43)29(34)48-16-20(3)39-32-40-31(38)41-42-32/h14,19-21,23,25-26,28-29H,10-13,15-18H2,1-9H3,(H,45,46)(H4,38,39,40,41,42)/t20?,21-,23+,25-,26+,28-,29+,33-,34-,35-,36+,37+/m1/s1. The number of ether oxygens (including phenoxy) is 3. The Balaban J connectivity index is 1.38. The highest BCUT2D eigenvalue weighted by Gasteiger charge is 2.74. The van der Waals surface area contributed by atoms with Crippen molar-refractivity contribution in [2.24, 2.45) is 56.7 Å². The normalized spacial score (nSPS) is 42.6. The maximum Gasteiger partial charge on any atom is 0.308 e. The van der Waals surface area contributed by atoms with Gasteiger partial charge in [-0.3, -0.25) is 14.4 Å². The average molecular weight is 684 g/mol. The minimum absolute atomic E-state index is 0.00664.